The molecule has 0 amide bonds. The van der Waals surface area contributed by atoms with E-state index in [-0.39, 0.29) is 17.6 Å². The van der Waals surface area contributed by atoms with Crippen molar-refractivity contribution in [3.8, 4) is 11.5 Å². The summed E-state index contributed by atoms with van der Waals surface area (Å²) >= 11 is 0. The van der Waals surface area contributed by atoms with Crippen LogP contribution in [0.4, 0.5) is 0 Å². The second-order valence-corrected chi connectivity index (χ2v) is 14.9. The zero-order chi connectivity index (χ0) is 22.3. The van der Waals surface area contributed by atoms with Gasteiger partial charge < -0.3 is 23.4 Å². The van der Waals surface area contributed by atoms with E-state index in [0.717, 1.165) is 30.4 Å². The number of hydrogen-bond acceptors (Lipinski definition) is 6. The summed E-state index contributed by atoms with van der Waals surface area (Å²) in [5.74, 6) is 0.647. The summed E-state index contributed by atoms with van der Waals surface area (Å²) in [6.07, 6.45) is 2.80. The first-order valence-corrected chi connectivity index (χ1v) is 14.1. The largest absolute Gasteiger partial charge is 0.454 e. The predicted octanol–water partition coefficient (Wildman–Crippen LogP) is 5.23. The van der Waals surface area contributed by atoms with E-state index in [2.05, 4.69) is 33.9 Å². The van der Waals surface area contributed by atoms with Crippen molar-refractivity contribution in [2.24, 2.45) is 0 Å². The van der Waals surface area contributed by atoms with Crippen molar-refractivity contribution in [1.29, 1.82) is 0 Å². The fourth-order valence-electron chi connectivity index (χ4n) is 4.09. The van der Waals surface area contributed by atoms with Gasteiger partial charge in [-0.1, -0.05) is 26.3 Å². The molecule has 0 unspecified atom stereocenters. The van der Waals surface area contributed by atoms with Gasteiger partial charge in [-0.15, -0.1) is 0 Å². The van der Waals surface area contributed by atoms with Crippen molar-refractivity contribution in [2.75, 3.05) is 26.6 Å². The van der Waals surface area contributed by atoms with Crippen LogP contribution in [0.2, 0.25) is 18.1 Å². The molecule has 1 saturated heterocycles. The lowest BCUT2D eigenvalue weighted by Crippen LogP contribution is -2.41. The summed E-state index contributed by atoms with van der Waals surface area (Å²) in [4.78, 5) is 13.6. The van der Waals surface area contributed by atoms with Crippen LogP contribution in [0.3, 0.4) is 0 Å². The molecule has 0 atom stereocenters. The smallest absolute Gasteiger partial charge is 0.231 e. The maximum Gasteiger partial charge on any atom is 0.231 e. The second kappa shape index (κ2) is 8.35. The Morgan fingerprint density at radius 1 is 1.13 bits per heavy atom. The fraction of sp³-hybridized carbons (Fsp3) is 0.625. The highest BCUT2D eigenvalue weighted by atomic mass is 28.4. The van der Waals surface area contributed by atoms with Gasteiger partial charge >= 0.3 is 0 Å². The highest BCUT2D eigenvalue weighted by Gasteiger charge is 2.43. The maximum absolute atomic E-state index is 13.6. The lowest BCUT2D eigenvalue weighted by molar-refractivity contribution is -0.163. The van der Waals surface area contributed by atoms with Crippen LogP contribution in [0.1, 0.15) is 56.8 Å². The minimum atomic E-state index is -1.83. The molecule has 31 heavy (non-hydrogen) atoms. The van der Waals surface area contributed by atoms with Gasteiger partial charge in [0, 0.05) is 30.6 Å². The van der Waals surface area contributed by atoms with E-state index >= 15 is 0 Å². The van der Waals surface area contributed by atoms with Gasteiger partial charge in [0.05, 0.1) is 13.2 Å². The van der Waals surface area contributed by atoms with Crippen LogP contribution in [0.25, 0.3) is 0 Å². The molecule has 0 aromatic heterocycles. The maximum atomic E-state index is 13.6. The average molecular weight is 447 g/mol. The van der Waals surface area contributed by atoms with Crippen LogP contribution >= 0.6 is 0 Å². The van der Waals surface area contributed by atoms with Crippen molar-refractivity contribution < 1.29 is 28.2 Å². The highest BCUT2D eigenvalue weighted by molar-refractivity contribution is 6.74. The van der Waals surface area contributed by atoms with Crippen LogP contribution in [0.15, 0.2) is 29.3 Å². The molecule has 170 valence electrons. The number of fused-ring (bicyclic) bond motifs is 1. The summed E-state index contributed by atoms with van der Waals surface area (Å²) < 4.78 is 29.2. The third kappa shape index (κ3) is 4.60. The van der Waals surface area contributed by atoms with Crippen molar-refractivity contribution in [1.82, 2.24) is 0 Å². The van der Waals surface area contributed by atoms with Gasteiger partial charge in [-0.05, 0) is 49.2 Å². The fourth-order valence-corrected chi connectivity index (χ4v) is 5.14. The molecule has 1 aromatic carbocycles. The quantitative estimate of drug-likeness (QED) is 0.440. The zero-order valence-corrected chi connectivity index (χ0v) is 20.3. The molecule has 1 aromatic rings. The van der Waals surface area contributed by atoms with E-state index in [1.807, 2.05) is 6.07 Å². The van der Waals surface area contributed by atoms with Gasteiger partial charge in [0.2, 0.25) is 6.79 Å². The standard InChI is InChI=1S/C24H34O6Si/c1-23(2,3)31(4,5)30-11-9-17-8-10-24(28-12-13-29-24)15-19(17)22(25)18-6-7-20-21(14-18)27-16-26-20/h6-7,14H,8-13,15-16H2,1-5H3. The predicted molar refractivity (Wildman–Crippen MR) is 120 cm³/mol. The molecule has 0 radical (unpaired) electrons. The van der Waals surface area contributed by atoms with Gasteiger partial charge in [0.15, 0.2) is 31.4 Å². The summed E-state index contributed by atoms with van der Waals surface area (Å²) in [5.41, 5.74) is 2.56. The number of carbonyl (C=O) groups is 1. The third-order valence-electron chi connectivity index (χ3n) is 7.08. The van der Waals surface area contributed by atoms with Gasteiger partial charge in [-0.2, -0.15) is 0 Å². The number of benzene rings is 1. The van der Waals surface area contributed by atoms with E-state index in [0.29, 0.717) is 43.3 Å². The minimum absolute atomic E-state index is 0.0128. The summed E-state index contributed by atoms with van der Waals surface area (Å²) in [6, 6.07) is 5.39. The monoisotopic (exact) mass is 446 g/mol. The summed E-state index contributed by atoms with van der Waals surface area (Å²) in [5, 5.41) is 0.161. The molecule has 4 rings (SSSR count). The van der Waals surface area contributed by atoms with E-state index in [4.69, 9.17) is 23.4 Å². The number of ketones is 1. The Bertz CT molecular complexity index is 877. The Hall–Kier alpha value is -1.67. The molecule has 1 aliphatic carbocycles. The van der Waals surface area contributed by atoms with Crippen LogP contribution in [-0.2, 0) is 13.9 Å². The number of Topliss-reactive ketones (excluding diaryl/α,β-unsaturated/α-hetero) is 1. The normalized spacial score (nSPS) is 20.5. The molecule has 0 saturated carbocycles. The Morgan fingerprint density at radius 3 is 2.55 bits per heavy atom. The molecule has 1 fully saturated rings. The minimum Gasteiger partial charge on any atom is -0.454 e. The van der Waals surface area contributed by atoms with E-state index in [1.54, 1.807) is 12.1 Å². The highest BCUT2D eigenvalue weighted by Crippen LogP contribution is 2.42. The molecule has 0 N–H and O–H groups in total. The van der Waals surface area contributed by atoms with Crippen LogP contribution in [0, 0.1) is 0 Å². The van der Waals surface area contributed by atoms with E-state index in [1.165, 1.54) is 0 Å². The van der Waals surface area contributed by atoms with Crippen molar-refractivity contribution in [2.45, 2.75) is 70.4 Å². The molecule has 0 bridgehead atoms. The average Bonchev–Trinajstić information content (AvgIpc) is 3.36. The van der Waals surface area contributed by atoms with Gasteiger partial charge in [-0.25, -0.2) is 0 Å². The molecular formula is C24H34O6Si. The SMILES string of the molecule is CC(C)(C)[Si](C)(C)OCCC1=C(C(=O)c2ccc3c(c2)OCO3)CC2(CC1)OCCO2. The first-order chi connectivity index (χ1) is 14.6. The molecular weight excluding hydrogens is 412 g/mol. The first-order valence-electron chi connectivity index (χ1n) is 11.2. The summed E-state index contributed by atoms with van der Waals surface area (Å²) in [6.45, 7) is 13.2. The molecule has 7 heteroatoms. The molecule has 1 spiro atoms. The molecule has 2 heterocycles. The Balaban J connectivity index is 1.56. The lowest BCUT2D eigenvalue weighted by atomic mass is 9.82. The Labute approximate surface area is 186 Å². The van der Waals surface area contributed by atoms with E-state index in [9.17, 15) is 4.79 Å². The van der Waals surface area contributed by atoms with Gasteiger partial charge in [0.25, 0.3) is 0 Å². The Kier molecular flexibility index (Phi) is 6.07. The topological polar surface area (TPSA) is 63.2 Å². The number of ether oxygens (including phenoxy) is 4. The van der Waals surface area contributed by atoms with Gasteiger partial charge in [-0.3, -0.25) is 4.79 Å². The third-order valence-corrected chi connectivity index (χ3v) is 11.6. The second-order valence-electron chi connectivity index (χ2n) is 10.1. The Morgan fingerprint density at radius 2 is 1.84 bits per heavy atom. The zero-order valence-electron chi connectivity index (χ0n) is 19.3. The number of carbonyl (C=O) groups excluding carboxylic acids is 1. The van der Waals surface area contributed by atoms with Crippen molar-refractivity contribution >= 4 is 14.1 Å². The van der Waals surface area contributed by atoms with Crippen molar-refractivity contribution in [3.05, 3.63) is 34.9 Å². The molecule has 3 aliphatic rings. The van der Waals surface area contributed by atoms with Crippen LogP contribution in [0.5, 0.6) is 11.5 Å². The van der Waals surface area contributed by atoms with Crippen LogP contribution < -0.4 is 9.47 Å². The molecule has 6 nitrogen and oxygen atoms in total. The first kappa shape index (κ1) is 22.5. The van der Waals surface area contributed by atoms with Gasteiger partial charge in [0.1, 0.15) is 0 Å². The summed E-state index contributed by atoms with van der Waals surface area (Å²) in [7, 11) is -1.83. The lowest BCUT2D eigenvalue weighted by Gasteiger charge is -2.37. The van der Waals surface area contributed by atoms with Crippen molar-refractivity contribution in [3.63, 3.8) is 0 Å². The van der Waals surface area contributed by atoms with Crippen LogP contribution in [-0.4, -0.2) is 46.5 Å². The number of rotatable bonds is 6. The molecule has 2 aliphatic heterocycles. The number of hydrogen-bond donors (Lipinski definition) is 0. The van der Waals surface area contributed by atoms with E-state index < -0.39 is 14.1 Å².